The van der Waals surface area contributed by atoms with Gasteiger partial charge in [-0.2, -0.15) is 0 Å². The normalized spacial score (nSPS) is 20.9. The van der Waals surface area contributed by atoms with Crippen molar-refractivity contribution in [2.45, 2.75) is 38.4 Å². The molecule has 1 heterocycles. The fourth-order valence-electron chi connectivity index (χ4n) is 2.15. The van der Waals surface area contributed by atoms with Crippen LogP contribution < -0.4 is 4.74 Å². The average molecular weight is 271 g/mol. The van der Waals surface area contributed by atoms with Gasteiger partial charge in [-0.05, 0) is 38.0 Å². The molecule has 0 aromatic heterocycles. The number of rotatable bonds is 5. The highest BCUT2D eigenvalue weighted by atomic mass is 35.5. The molecule has 0 amide bonds. The molecular weight excluding hydrogens is 252 g/mol. The summed E-state index contributed by atoms with van der Waals surface area (Å²) in [5, 5.41) is 10.3. The van der Waals surface area contributed by atoms with Gasteiger partial charge in [0.2, 0.25) is 0 Å². The molecule has 0 radical (unpaired) electrons. The molecular formula is C14H19ClO3. The van der Waals surface area contributed by atoms with Gasteiger partial charge < -0.3 is 14.6 Å². The minimum atomic E-state index is -0.582. The van der Waals surface area contributed by atoms with Crippen LogP contribution in [-0.4, -0.2) is 24.4 Å². The summed E-state index contributed by atoms with van der Waals surface area (Å²) in [6.45, 7) is 3.18. The van der Waals surface area contributed by atoms with Crippen molar-refractivity contribution in [2.24, 2.45) is 0 Å². The largest absolute Gasteiger partial charge is 0.493 e. The van der Waals surface area contributed by atoms with E-state index in [4.69, 9.17) is 21.1 Å². The van der Waals surface area contributed by atoms with E-state index in [1.165, 1.54) is 0 Å². The second kappa shape index (κ2) is 6.41. The van der Waals surface area contributed by atoms with E-state index in [9.17, 15) is 5.11 Å². The van der Waals surface area contributed by atoms with Gasteiger partial charge in [-0.1, -0.05) is 11.6 Å². The Labute approximate surface area is 113 Å². The van der Waals surface area contributed by atoms with E-state index in [0.29, 0.717) is 23.5 Å². The first-order valence-corrected chi connectivity index (χ1v) is 6.76. The lowest BCUT2D eigenvalue weighted by atomic mass is 10.1. The molecule has 3 nitrogen and oxygen atoms in total. The Morgan fingerprint density at radius 2 is 2.39 bits per heavy atom. The summed E-state index contributed by atoms with van der Waals surface area (Å²) in [6, 6.07) is 5.32. The Morgan fingerprint density at radius 3 is 3.06 bits per heavy atom. The monoisotopic (exact) mass is 270 g/mol. The number of aliphatic hydroxyl groups excluding tert-OH is 1. The summed E-state index contributed by atoms with van der Waals surface area (Å²) in [4.78, 5) is 0. The summed E-state index contributed by atoms with van der Waals surface area (Å²) in [7, 11) is 0. The van der Waals surface area contributed by atoms with Crippen LogP contribution in [0.15, 0.2) is 18.2 Å². The van der Waals surface area contributed by atoms with Crippen molar-refractivity contribution in [3.8, 4) is 5.75 Å². The Bertz CT molecular complexity index is 387. The second-order valence-corrected chi connectivity index (χ2v) is 5.07. The molecule has 1 aromatic carbocycles. The Morgan fingerprint density at radius 1 is 1.56 bits per heavy atom. The highest BCUT2D eigenvalue weighted by Crippen LogP contribution is 2.28. The molecule has 0 saturated carbocycles. The molecule has 1 aliphatic heterocycles. The van der Waals surface area contributed by atoms with Gasteiger partial charge in [-0.25, -0.2) is 0 Å². The lowest BCUT2D eigenvalue weighted by Crippen LogP contribution is -2.11. The zero-order valence-electron chi connectivity index (χ0n) is 10.6. The van der Waals surface area contributed by atoms with Gasteiger partial charge in [0.1, 0.15) is 5.75 Å². The number of hydrogen-bond acceptors (Lipinski definition) is 3. The first-order valence-electron chi connectivity index (χ1n) is 6.38. The van der Waals surface area contributed by atoms with E-state index >= 15 is 0 Å². The zero-order valence-corrected chi connectivity index (χ0v) is 11.3. The molecule has 0 bridgehead atoms. The third-order valence-corrected chi connectivity index (χ3v) is 3.38. The SMILES string of the molecule is CC(O)c1cc(Cl)ccc1OCCC1CCCO1. The number of hydrogen-bond donors (Lipinski definition) is 1. The lowest BCUT2D eigenvalue weighted by Gasteiger charge is -2.15. The van der Waals surface area contributed by atoms with Gasteiger partial charge in [0.05, 0.1) is 18.8 Å². The van der Waals surface area contributed by atoms with Crippen LogP contribution in [0.2, 0.25) is 5.02 Å². The van der Waals surface area contributed by atoms with Crippen molar-refractivity contribution >= 4 is 11.6 Å². The second-order valence-electron chi connectivity index (χ2n) is 4.63. The maximum atomic E-state index is 9.68. The van der Waals surface area contributed by atoms with Gasteiger partial charge in [0, 0.05) is 23.6 Å². The summed E-state index contributed by atoms with van der Waals surface area (Å²) in [5.74, 6) is 0.701. The van der Waals surface area contributed by atoms with Crippen molar-refractivity contribution in [2.75, 3.05) is 13.2 Å². The Hall–Kier alpha value is -0.770. The van der Waals surface area contributed by atoms with Gasteiger partial charge in [-0.3, -0.25) is 0 Å². The van der Waals surface area contributed by atoms with E-state index < -0.39 is 6.10 Å². The third-order valence-electron chi connectivity index (χ3n) is 3.14. The summed E-state index contributed by atoms with van der Waals surface area (Å²) >= 11 is 5.91. The molecule has 100 valence electrons. The lowest BCUT2D eigenvalue weighted by molar-refractivity contribution is 0.0896. The van der Waals surface area contributed by atoms with Crippen LogP contribution >= 0.6 is 11.6 Å². The van der Waals surface area contributed by atoms with Crippen LogP contribution in [0.5, 0.6) is 5.75 Å². The molecule has 4 heteroatoms. The van der Waals surface area contributed by atoms with E-state index in [1.807, 2.05) is 0 Å². The number of benzene rings is 1. The van der Waals surface area contributed by atoms with Crippen LogP contribution in [0.25, 0.3) is 0 Å². The molecule has 1 fully saturated rings. The van der Waals surface area contributed by atoms with Crippen molar-refractivity contribution in [1.29, 1.82) is 0 Å². The van der Waals surface area contributed by atoms with Gasteiger partial charge in [0.25, 0.3) is 0 Å². The molecule has 1 saturated heterocycles. The van der Waals surface area contributed by atoms with E-state index in [2.05, 4.69) is 0 Å². The highest BCUT2D eigenvalue weighted by Gasteiger charge is 2.16. The molecule has 2 atom stereocenters. The van der Waals surface area contributed by atoms with Gasteiger partial charge >= 0.3 is 0 Å². The smallest absolute Gasteiger partial charge is 0.125 e. The fraction of sp³-hybridized carbons (Fsp3) is 0.571. The van der Waals surface area contributed by atoms with E-state index in [0.717, 1.165) is 31.4 Å². The van der Waals surface area contributed by atoms with Crippen LogP contribution in [0.3, 0.4) is 0 Å². The van der Waals surface area contributed by atoms with Crippen LogP contribution in [0.1, 0.15) is 37.9 Å². The van der Waals surface area contributed by atoms with Crippen molar-refractivity contribution in [3.63, 3.8) is 0 Å². The first-order chi connectivity index (χ1) is 8.66. The van der Waals surface area contributed by atoms with Crippen LogP contribution in [0, 0.1) is 0 Å². The highest BCUT2D eigenvalue weighted by molar-refractivity contribution is 6.30. The molecule has 1 N–H and O–H groups in total. The third kappa shape index (κ3) is 3.61. The molecule has 18 heavy (non-hydrogen) atoms. The fourth-order valence-corrected chi connectivity index (χ4v) is 2.33. The first kappa shape index (κ1) is 13.7. The van der Waals surface area contributed by atoms with Crippen molar-refractivity contribution in [3.05, 3.63) is 28.8 Å². The maximum absolute atomic E-state index is 9.68. The summed E-state index contributed by atoms with van der Waals surface area (Å²) in [5.41, 5.74) is 0.731. The minimum Gasteiger partial charge on any atom is -0.493 e. The summed E-state index contributed by atoms with van der Waals surface area (Å²) < 4.78 is 11.3. The predicted octanol–water partition coefficient (Wildman–Crippen LogP) is 3.34. The molecule has 2 rings (SSSR count). The van der Waals surface area contributed by atoms with Crippen LogP contribution in [0.4, 0.5) is 0 Å². The molecule has 1 aromatic rings. The van der Waals surface area contributed by atoms with Crippen molar-refractivity contribution < 1.29 is 14.6 Å². The number of aliphatic hydroxyl groups is 1. The topological polar surface area (TPSA) is 38.7 Å². The Kier molecular flexibility index (Phi) is 4.87. The quantitative estimate of drug-likeness (QED) is 0.892. The van der Waals surface area contributed by atoms with Crippen molar-refractivity contribution in [1.82, 2.24) is 0 Å². The minimum absolute atomic E-state index is 0.326. The van der Waals surface area contributed by atoms with Crippen LogP contribution in [-0.2, 0) is 4.74 Å². The molecule has 2 unspecified atom stereocenters. The molecule has 1 aliphatic rings. The van der Waals surface area contributed by atoms with Gasteiger partial charge in [0.15, 0.2) is 0 Å². The predicted molar refractivity (Wildman–Crippen MR) is 71.2 cm³/mol. The zero-order chi connectivity index (χ0) is 13.0. The maximum Gasteiger partial charge on any atom is 0.125 e. The Balaban J connectivity index is 1.91. The number of ether oxygens (including phenoxy) is 2. The average Bonchev–Trinajstić information content (AvgIpc) is 2.84. The molecule has 0 spiro atoms. The van der Waals surface area contributed by atoms with E-state index in [-0.39, 0.29) is 0 Å². The standard InChI is InChI=1S/C14H19ClO3/c1-10(16)13-9-11(15)4-5-14(13)18-8-6-12-3-2-7-17-12/h4-5,9-10,12,16H,2-3,6-8H2,1H3. The molecule has 0 aliphatic carbocycles. The van der Waals surface area contributed by atoms with Gasteiger partial charge in [-0.15, -0.1) is 0 Å². The summed E-state index contributed by atoms with van der Waals surface area (Å²) in [6.07, 6.45) is 2.90. The van der Waals surface area contributed by atoms with E-state index in [1.54, 1.807) is 25.1 Å². The number of halogens is 1.